The van der Waals surface area contributed by atoms with Gasteiger partial charge in [-0.25, -0.2) is 0 Å². The van der Waals surface area contributed by atoms with Gasteiger partial charge >= 0.3 is 0 Å². The number of rotatable bonds is 3. The van der Waals surface area contributed by atoms with Crippen LogP contribution in [0.25, 0.3) is 11.3 Å². The fourth-order valence-corrected chi connectivity index (χ4v) is 3.86. The van der Waals surface area contributed by atoms with Crippen molar-refractivity contribution in [3.63, 3.8) is 0 Å². The number of hydrogen-bond donors (Lipinski definition) is 0. The summed E-state index contributed by atoms with van der Waals surface area (Å²) in [6, 6.07) is 16.0. The van der Waals surface area contributed by atoms with E-state index in [0.717, 1.165) is 42.6 Å². The van der Waals surface area contributed by atoms with E-state index >= 15 is 0 Å². The predicted molar refractivity (Wildman–Crippen MR) is 108 cm³/mol. The highest BCUT2D eigenvalue weighted by molar-refractivity contribution is 6.32. The van der Waals surface area contributed by atoms with E-state index < -0.39 is 0 Å². The molecule has 0 spiro atoms. The summed E-state index contributed by atoms with van der Waals surface area (Å²) < 4.78 is 2.12. The molecule has 1 heterocycles. The molecule has 0 saturated heterocycles. The maximum absolute atomic E-state index is 9.09. The monoisotopic (exact) mass is 371 g/mol. The standard InChI is InChI=1S/C23H18ClN3/c1-2-4-16-7-9-17(10-8-16)15-27-22-6-3-5-20(22)23(26-27)18-11-12-19(14-25)21(24)13-18/h7-13H,3,5-6,15H2,1H3. The van der Waals surface area contributed by atoms with Crippen LogP contribution >= 0.6 is 11.6 Å². The number of fused-ring (bicyclic) bond motifs is 1. The Labute approximate surface area is 164 Å². The minimum atomic E-state index is 0.476. The average molecular weight is 372 g/mol. The van der Waals surface area contributed by atoms with E-state index in [1.165, 1.54) is 16.8 Å². The number of halogens is 1. The summed E-state index contributed by atoms with van der Waals surface area (Å²) in [5, 5.41) is 14.5. The number of nitrogens with zero attached hydrogens (tertiary/aromatic N) is 3. The number of aromatic nitrogens is 2. The highest BCUT2D eigenvalue weighted by atomic mass is 35.5. The molecule has 0 saturated carbocycles. The van der Waals surface area contributed by atoms with Crippen molar-refractivity contribution in [1.29, 1.82) is 5.26 Å². The molecular weight excluding hydrogens is 354 g/mol. The molecule has 27 heavy (non-hydrogen) atoms. The summed E-state index contributed by atoms with van der Waals surface area (Å²) in [5.74, 6) is 6.00. The molecular formula is C23H18ClN3. The van der Waals surface area contributed by atoms with Gasteiger partial charge in [-0.3, -0.25) is 4.68 Å². The van der Waals surface area contributed by atoms with Crippen molar-refractivity contribution in [2.24, 2.45) is 0 Å². The van der Waals surface area contributed by atoms with Crippen LogP contribution in [0.2, 0.25) is 5.02 Å². The summed E-state index contributed by atoms with van der Waals surface area (Å²) >= 11 is 6.24. The predicted octanol–water partition coefficient (Wildman–Crippen LogP) is 4.98. The Morgan fingerprint density at radius 2 is 1.96 bits per heavy atom. The van der Waals surface area contributed by atoms with Crippen molar-refractivity contribution < 1.29 is 0 Å². The highest BCUT2D eigenvalue weighted by Crippen LogP contribution is 2.34. The minimum Gasteiger partial charge on any atom is -0.264 e. The van der Waals surface area contributed by atoms with E-state index in [0.29, 0.717) is 10.6 Å². The van der Waals surface area contributed by atoms with Crippen LogP contribution in [0.5, 0.6) is 0 Å². The van der Waals surface area contributed by atoms with E-state index in [-0.39, 0.29) is 0 Å². The van der Waals surface area contributed by atoms with Gasteiger partial charge in [-0.1, -0.05) is 35.7 Å². The Morgan fingerprint density at radius 1 is 1.15 bits per heavy atom. The van der Waals surface area contributed by atoms with Crippen LogP contribution in [-0.4, -0.2) is 9.78 Å². The first-order valence-corrected chi connectivity index (χ1v) is 9.37. The molecule has 0 fully saturated rings. The van der Waals surface area contributed by atoms with E-state index in [2.05, 4.69) is 46.9 Å². The molecule has 0 unspecified atom stereocenters. The first kappa shape index (κ1) is 17.4. The second-order valence-corrected chi connectivity index (χ2v) is 7.07. The van der Waals surface area contributed by atoms with Gasteiger partial charge in [-0.05, 0) is 56.0 Å². The molecule has 0 radical (unpaired) electrons. The van der Waals surface area contributed by atoms with Gasteiger partial charge in [0.2, 0.25) is 0 Å². The van der Waals surface area contributed by atoms with E-state index in [1.54, 1.807) is 6.07 Å². The number of benzene rings is 2. The van der Waals surface area contributed by atoms with E-state index in [9.17, 15) is 0 Å². The van der Waals surface area contributed by atoms with Gasteiger partial charge in [0.15, 0.2) is 0 Å². The van der Waals surface area contributed by atoms with Crippen molar-refractivity contribution in [1.82, 2.24) is 9.78 Å². The molecule has 3 aromatic rings. The Balaban J connectivity index is 1.69. The Bertz CT molecular complexity index is 1110. The zero-order valence-electron chi connectivity index (χ0n) is 15.1. The molecule has 0 N–H and O–H groups in total. The van der Waals surface area contributed by atoms with Gasteiger partial charge in [0, 0.05) is 22.4 Å². The number of nitriles is 1. The molecule has 0 amide bonds. The van der Waals surface area contributed by atoms with Gasteiger partial charge in [0.1, 0.15) is 6.07 Å². The SMILES string of the molecule is CC#Cc1ccc(Cn2nc(-c3ccc(C#N)c(Cl)c3)c3c2CCC3)cc1. The first-order valence-electron chi connectivity index (χ1n) is 9.00. The van der Waals surface area contributed by atoms with Gasteiger partial charge < -0.3 is 0 Å². The molecule has 0 atom stereocenters. The Morgan fingerprint density at radius 3 is 2.67 bits per heavy atom. The van der Waals surface area contributed by atoms with Crippen LogP contribution in [0.4, 0.5) is 0 Å². The van der Waals surface area contributed by atoms with Crippen molar-refractivity contribution in [2.75, 3.05) is 0 Å². The third kappa shape index (κ3) is 3.35. The second-order valence-electron chi connectivity index (χ2n) is 6.66. The van der Waals surface area contributed by atoms with Crippen LogP contribution in [0.15, 0.2) is 42.5 Å². The molecule has 3 nitrogen and oxygen atoms in total. The van der Waals surface area contributed by atoms with Crippen LogP contribution in [-0.2, 0) is 19.4 Å². The fourth-order valence-electron chi connectivity index (χ4n) is 3.64. The lowest BCUT2D eigenvalue weighted by atomic mass is 10.0. The third-order valence-electron chi connectivity index (χ3n) is 4.93. The summed E-state index contributed by atoms with van der Waals surface area (Å²) in [7, 11) is 0. The molecule has 2 aromatic carbocycles. The summed E-state index contributed by atoms with van der Waals surface area (Å²) in [5.41, 5.74) is 7.31. The molecule has 1 aliphatic carbocycles. The summed E-state index contributed by atoms with van der Waals surface area (Å²) in [4.78, 5) is 0. The summed E-state index contributed by atoms with van der Waals surface area (Å²) in [6.45, 7) is 2.59. The normalized spacial score (nSPS) is 12.2. The second kappa shape index (κ2) is 7.31. The van der Waals surface area contributed by atoms with Crippen molar-refractivity contribution in [3.8, 4) is 29.2 Å². The van der Waals surface area contributed by atoms with Gasteiger partial charge in [0.25, 0.3) is 0 Å². The minimum absolute atomic E-state index is 0.476. The molecule has 4 rings (SSSR count). The van der Waals surface area contributed by atoms with Crippen LogP contribution in [0, 0.1) is 23.2 Å². The fraction of sp³-hybridized carbons (Fsp3) is 0.217. The topological polar surface area (TPSA) is 41.6 Å². The lowest BCUT2D eigenvalue weighted by molar-refractivity contribution is 0.646. The van der Waals surface area contributed by atoms with Gasteiger partial charge in [-0.15, -0.1) is 5.92 Å². The zero-order chi connectivity index (χ0) is 18.8. The smallest absolute Gasteiger partial charge is 0.101 e. The highest BCUT2D eigenvalue weighted by Gasteiger charge is 2.23. The summed E-state index contributed by atoms with van der Waals surface area (Å²) in [6.07, 6.45) is 3.23. The molecule has 1 aliphatic rings. The van der Waals surface area contributed by atoms with Crippen molar-refractivity contribution in [3.05, 3.63) is 75.4 Å². The van der Waals surface area contributed by atoms with Crippen LogP contribution in [0.1, 0.15) is 41.3 Å². The molecule has 1 aromatic heterocycles. The average Bonchev–Trinajstić information content (AvgIpc) is 3.27. The van der Waals surface area contributed by atoms with Crippen molar-refractivity contribution >= 4 is 11.6 Å². The maximum atomic E-state index is 9.09. The lowest BCUT2D eigenvalue weighted by Gasteiger charge is -2.06. The Kier molecular flexibility index (Phi) is 4.71. The van der Waals surface area contributed by atoms with Crippen molar-refractivity contribution in [2.45, 2.75) is 32.7 Å². The van der Waals surface area contributed by atoms with Crippen LogP contribution < -0.4 is 0 Å². The van der Waals surface area contributed by atoms with E-state index in [4.69, 9.17) is 22.0 Å². The molecule has 0 aliphatic heterocycles. The first-order chi connectivity index (χ1) is 13.2. The third-order valence-corrected chi connectivity index (χ3v) is 5.24. The van der Waals surface area contributed by atoms with E-state index in [1.807, 2.05) is 19.1 Å². The molecule has 0 bridgehead atoms. The van der Waals surface area contributed by atoms with Gasteiger partial charge in [-0.2, -0.15) is 10.4 Å². The lowest BCUT2D eigenvalue weighted by Crippen LogP contribution is -2.05. The molecule has 132 valence electrons. The number of hydrogen-bond acceptors (Lipinski definition) is 2. The largest absolute Gasteiger partial charge is 0.264 e. The molecule has 4 heteroatoms. The zero-order valence-corrected chi connectivity index (χ0v) is 15.8. The maximum Gasteiger partial charge on any atom is 0.101 e. The van der Waals surface area contributed by atoms with Crippen LogP contribution in [0.3, 0.4) is 0 Å². The van der Waals surface area contributed by atoms with Gasteiger partial charge in [0.05, 0.1) is 22.8 Å². The quantitative estimate of drug-likeness (QED) is 0.609. The Hall–Kier alpha value is -3.01.